The van der Waals surface area contributed by atoms with Crippen molar-refractivity contribution in [3.63, 3.8) is 0 Å². The van der Waals surface area contributed by atoms with Crippen molar-refractivity contribution in [3.8, 4) is 5.75 Å². The number of benzene rings is 1. The fourth-order valence-corrected chi connectivity index (χ4v) is 1.87. The number of nitrogens with two attached hydrogens (primary N) is 1. The molecule has 1 saturated carbocycles. The number of rotatable bonds is 7. The van der Waals surface area contributed by atoms with E-state index in [1.807, 2.05) is 6.92 Å². The van der Waals surface area contributed by atoms with Crippen molar-refractivity contribution in [1.29, 1.82) is 0 Å². The number of hydrogen-bond donors (Lipinski definition) is 3. The first-order chi connectivity index (χ1) is 10.0. The molecule has 1 unspecified atom stereocenters. The zero-order valence-corrected chi connectivity index (χ0v) is 12.4. The summed E-state index contributed by atoms with van der Waals surface area (Å²) >= 11 is 0. The van der Waals surface area contributed by atoms with E-state index in [1.165, 1.54) is 12.1 Å². The first-order valence-electron chi connectivity index (χ1n) is 7.30. The van der Waals surface area contributed by atoms with Crippen molar-refractivity contribution in [1.82, 2.24) is 5.32 Å². The molecule has 116 valence electrons. The summed E-state index contributed by atoms with van der Waals surface area (Å²) in [5.41, 5.74) is 6.54. The molecule has 1 atom stereocenters. The molecule has 0 spiro atoms. The van der Waals surface area contributed by atoms with E-state index >= 15 is 0 Å². The first kappa shape index (κ1) is 15.4. The summed E-state index contributed by atoms with van der Waals surface area (Å²) in [6.45, 7) is 4.11. The number of amides is 1. The molecule has 5 nitrogen and oxygen atoms in total. The Morgan fingerprint density at radius 2 is 2.24 bits per heavy atom. The Morgan fingerprint density at radius 3 is 2.86 bits per heavy atom. The highest BCUT2D eigenvalue weighted by Gasteiger charge is 2.25. The van der Waals surface area contributed by atoms with Gasteiger partial charge >= 0.3 is 0 Å². The molecule has 0 saturated heterocycles. The van der Waals surface area contributed by atoms with Crippen LogP contribution in [0.4, 0.5) is 15.8 Å². The lowest BCUT2D eigenvalue weighted by Gasteiger charge is -2.18. The van der Waals surface area contributed by atoms with Gasteiger partial charge in [0.1, 0.15) is 6.04 Å². The summed E-state index contributed by atoms with van der Waals surface area (Å²) in [5.74, 6) is -0.442. The normalized spacial score (nSPS) is 15.4. The van der Waals surface area contributed by atoms with Gasteiger partial charge in [-0.15, -0.1) is 0 Å². The zero-order chi connectivity index (χ0) is 15.4. The van der Waals surface area contributed by atoms with Crippen LogP contribution in [0.15, 0.2) is 12.1 Å². The zero-order valence-electron chi connectivity index (χ0n) is 12.4. The second-order valence-corrected chi connectivity index (χ2v) is 5.37. The third-order valence-corrected chi connectivity index (χ3v) is 3.25. The van der Waals surface area contributed by atoms with Gasteiger partial charge in [-0.05, 0) is 26.2 Å². The van der Waals surface area contributed by atoms with Crippen molar-refractivity contribution in [2.24, 2.45) is 0 Å². The van der Waals surface area contributed by atoms with Gasteiger partial charge in [0, 0.05) is 18.2 Å². The molecule has 21 heavy (non-hydrogen) atoms. The van der Waals surface area contributed by atoms with Crippen LogP contribution in [-0.2, 0) is 4.79 Å². The van der Waals surface area contributed by atoms with Gasteiger partial charge in [0.2, 0.25) is 5.91 Å². The summed E-state index contributed by atoms with van der Waals surface area (Å²) in [6, 6.07) is 2.56. The van der Waals surface area contributed by atoms with E-state index in [-0.39, 0.29) is 17.3 Å². The van der Waals surface area contributed by atoms with Gasteiger partial charge in [-0.3, -0.25) is 4.79 Å². The number of nitrogens with one attached hydrogen (secondary N) is 2. The minimum atomic E-state index is -0.499. The topological polar surface area (TPSA) is 76.4 Å². The van der Waals surface area contributed by atoms with Gasteiger partial charge in [-0.2, -0.15) is 0 Å². The molecule has 1 aliphatic rings. The van der Waals surface area contributed by atoms with E-state index in [0.717, 1.165) is 19.3 Å². The van der Waals surface area contributed by atoms with Gasteiger partial charge in [-0.25, -0.2) is 4.39 Å². The van der Waals surface area contributed by atoms with Gasteiger partial charge < -0.3 is 21.1 Å². The molecule has 1 aliphatic carbocycles. The third kappa shape index (κ3) is 4.24. The Morgan fingerprint density at radius 1 is 1.52 bits per heavy atom. The maximum atomic E-state index is 13.7. The lowest BCUT2D eigenvalue weighted by molar-refractivity contribution is -0.121. The van der Waals surface area contributed by atoms with Gasteiger partial charge in [0.25, 0.3) is 0 Å². The molecular weight excluding hydrogens is 273 g/mol. The SMILES string of the molecule is CCCOc1cc(NC(C)C(=O)NC2CC2)c(N)cc1F. The van der Waals surface area contributed by atoms with Crippen LogP contribution in [0.1, 0.15) is 33.1 Å². The van der Waals surface area contributed by atoms with Crippen molar-refractivity contribution in [2.75, 3.05) is 17.7 Å². The molecule has 0 aromatic heterocycles. The predicted molar refractivity (Wildman–Crippen MR) is 80.8 cm³/mol. The van der Waals surface area contributed by atoms with Crippen molar-refractivity contribution in [2.45, 2.75) is 45.2 Å². The molecule has 6 heteroatoms. The van der Waals surface area contributed by atoms with Crippen LogP contribution < -0.4 is 21.1 Å². The van der Waals surface area contributed by atoms with Crippen LogP contribution in [0.2, 0.25) is 0 Å². The van der Waals surface area contributed by atoms with Gasteiger partial charge in [0.05, 0.1) is 18.0 Å². The van der Waals surface area contributed by atoms with Gasteiger partial charge in [0.15, 0.2) is 11.6 Å². The van der Waals surface area contributed by atoms with Crippen LogP contribution >= 0.6 is 0 Å². The van der Waals surface area contributed by atoms with Crippen molar-refractivity contribution >= 4 is 17.3 Å². The molecule has 1 aromatic rings. The maximum Gasteiger partial charge on any atom is 0.242 e. The fraction of sp³-hybridized carbons (Fsp3) is 0.533. The Kier molecular flexibility index (Phi) is 4.88. The number of halogens is 1. The van der Waals surface area contributed by atoms with E-state index in [2.05, 4.69) is 10.6 Å². The number of carbonyl (C=O) groups is 1. The van der Waals surface area contributed by atoms with E-state index in [1.54, 1.807) is 6.92 Å². The lowest BCUT2D eigenvalue weighted by atomic mass is 10.2. The van der Waals surface area contributed by atoms with Crippen LogP contribution in [0, 0.1) is 5.82 Å². The predicted octanol–water partition coefficient (Wildman–Crippen LogP) is 2.28. The van der Waals surface area contributed by atoms with Crippen molar-refractivity contribution < 1.29 is 13.9 Å². The van der Waals surface area contributed by atoms with Crippen LogP contribution in [0.3, 0.4) is 0 Å². The van der Waals surface area contributed by atoms with E-state index in [4.69, 9.17) is 10.5 Å². The first-order valence-corrected chi connectivity index (χ1v) is 7.30. The van der Waals surface area contributed by atoms with Crippen molar-refractivity contribution in [3.05, 3.63) is 17.9 Å². The Labute approximate surface area is 124 Å². The number of anilines is 2. The van der Waals surface area contributed by atoms with E-state index in [9.17, 15) is 9.18 Å². The van der Waals surface area contributed by atoms with E-state index < -0.39 is 11.9 Å². The van der Waals surface area contributed by atoms with Crippen LogP contribution in [-0.4, -0.2) is 24.6 Å². The minimum absolute atomic E-state index is 0.0859. The Hall–Kier alpha value is -1.98. The molecule has 1 aromatic carbocycles. The number of carbonyl (C=O) groups excluding carboxylic acids is 1. The standard InChI is InChI=1S/C15H22FN3O2/c1-3-6-21-14-8-13(12(17)7-11(14)16)18-9(2)15(20)19-10-4-5-10/h7-10,18H,3-6,17H2,1-2H3,(H,19,20). The monoisotopic (exact) mass is 295 g/mol. The molecule has 0 aliphatic heterocycles. The largest absolute Gasteiger partial charge is 0.490 e. The second-order valence-electron chi connectivity index (χ2n) is 5.37. The molecule has 0 bridgehead atoms. The number of nitrogen functional groups attached to an aromatic ring is 1. The summed E-state index contributed by atoms with van der Waals surface area (Å²) in [7, 11) is 0. The molecule has 1 amide bonds. The molecular formula is C15H22FN3O2. The fourth-order valence-electron chi connectivity index (χ4n) is 1.87. The highest BCUT2D eigenvalue weighted by Crippen LogP contribution is 2.29. The minimum Gasteiger partial charge on any atom is -0.490 e. The number of ether oxygens (including phenoxy) is 1. The van der Waals surface area contributed by atoms with Gasteiger partial charge in [-0.1, -0.05) is 6.92 Å². The summed E-state index contributed by atoms with van der Waals surface area (Å²) in [4.78, 5) is 11.9. The third-order valence-electron chi connectivity index (χ3n) is 3.25. The average molecular weight is 295 g/mol. The maximum absolute atomic E-state index is 13.7. The summed E-state index contributed by atoms with van der Waals surface area (Å²) < 4.78 is 19.0. The Balaban J connectivity index is 2.04. The highest BCUT2D eigenvalue weighted by molar-refractivity contribution is 5.86. The molecule has 0 heterocycles. The Bertz CT molecular complexity index is 518. The average Bonchev–Trinajstić information content (AvgIpc) is 3.24. The van der Waals surface area contributed by atoms with Crippen LogP contribution in [0.25, 0.3) is 0 Å². The quantitative estimate of drug-likeness (QED) is 0.674. The molecule has 0 radical (unpaired) electrons. The molecule has 1 fully saturated rings. The lowest BCUT2D eigenvalue weighted by Crippen LogP contribution is -2.38. The highest BCUT2D eigenvalue weighted by atomic mass is 19.1. The van der Waals surface area contributed by atoms with Crippen LogP contribution in [0.5, 0.6) is 5.75 Å². The summed E-state index contributed by atoms with van der Waals surface area (Å²) in [5, 5.41) is 5.91. The van der Waals surface area contributed by atoms with E-state index in [0.29, 0.717) is 18.3 Å². The molecule has 4 N–H and O–H groups in total. The second kappa shape index (κ2) is 6.65. The summed E-state index contributed by atoms with van der Waals surface area (Å²) in [6.07, 6.45) is 2.85. The molecule has 2 rings (SSSR count). The smallest absolute Gasteiger partial charge is 0.242 e. The number of hydrogen-bond acceptors (Lipinski definition) is 4.